The number of hydrogen-bond acceptors (Lipinski definition) is 10. The number of oxime groups is 1. The Morgan fingerprint density at radius 2 is 1.59 bits per heavy atom. The van der Waals surface area contributed by atoms with E-state index in [0.717, 1.165) is 31.8 Å². The van der Waals surface area contributed by atoms with Gasteiger partial charge < -0.3 is 26.3 Å². The van der Waals surface area contributed by atoms with Gasteiger partial charge in [-0.1, -0.05) is 78.0 Å². The average molecular weight is 745 g/mol. The van der Waals surface area contributed by atoms with Gasteiger partial charge in [0, 0.05) is 27.3 Å². The lowest BCUT2D eigenvalue weighted by molar-refractivity contribution is -0.141. The zero-order valence-electron chi connectivity index (χ0n) is 23.4. The van der Waals surface area contributed by atoms with Crippen LogP contribution in [0, 0.1) is 3.57 Å². The molecule has 1 heterocycles. The summed E-state index contributed by atoms with van der Waals surface area (Å²) in [5.74, 6) is -2.66. The minimum Gasteiger partial charge on any atom is -0.480 e. The predicted molar refractivity (Wildman–Crippen MR) is 179 cm³/mol. The fraction of sp³-hybridized carbons (Fsp3) is 0.200. The fourth-order valence-electron chi connectivity index (χ4n) is 4.18. The van der Waals surface area contributed by atoms with Gasteiger partial charge >= 0.3 is 5.97 Å². The number of carboxylic acid groups (broad SMARTS) is 1. The zero-order chi connectivity index (χ0) is 31.5. The normalized spacial score (nSPS) is 12.8. The van der Waals surface area contributed by atoms with Crippen molar-refractivity contribution in [3.63, 3.8) is 0 Å². The molecule has 14 heteroatoms. The van der Waals surface area contributed by atoms with E-state index in [4.69, 9.17) is 10.6 Å². The Bertz CT molecular complexity index is 1550. The molecule has 0 aliphatic carbocycles. The summed E-state index contributed by atoms with van der Waals surface area (Å²) in [4.78, 5) is 48.1. The smallest absolute Gasteiger partial charge is 0.327 e. The second-order valence-corrected chi connectivity index (χ2v) is 12.5. The molecule has 0 saturated carbocycles. The standard InChI is InChI=1S/C30H29IN6O5S2/c1-42-36-24(26-35-30(32)44-37-26)28(39)33-22(16-18-12-14-21(31)15-13-18)27(38)34-23(29(40)41)17-43-25(19-8-4-2-5-9-19)20-10-6-3-7-11-20/h2-15,22-23,25H,16-17H2,1H3,(H,33,39)(H,34,38)(H,40,41)(H2,32,35,37)/b36-24+. The van der Waals surface area contributed by atoms with Gasteiger partial charge in [-0.3, -0.25) is 9.59 Å². The molecule has 2 atom stereocenters. The van der Waals surface area contributed by atoms with E-state index in [1.807, 2.05) is 84.9 Å². The van der Waals surface area contributed by atoms with E-state index < -0.39 is 29.9 Å². The van der Waals surface area contributed by atoms with E-state index in [9.17, 15) is 19.5 Å². The minimum atomic E-state index is -1.24. The molecule has 4 aromatic rings. The highest BCUT2D eigenvalue weighted by Crippen LogP contribution is 2.35. The lowest BCUT2D eigenvalue weighted by atomic mass is 10.0. The molecule has 2 amide bonds. The number of amides is 2. The van der Waals surface area contributed by atoms with Gasteiger partial charge in [0.1, 0.15) is 19.2 Å². The van der Waals surface area contributed by atoms with Crippen LogP contribution in [-0.4, -0.2) is 62.9 Å². The van der Waals surface area contributed by atoms with Gasteiger partial charge in [0.2, 0.25) is 17.4 Å². The molecule has 0 spiro atoms. The third-order valence-electron chi connectivity index (χ3n) is 6.27. The maximum Gasteiger partial charge on any atom is 0.327 e. The van der Waals surface area contributed by atoms with Gasteiger partial charge in [-0.05, 0) is 51.4 Å². The van der Waals surface area contributed by atoms with Crippen LogP contribution in [0.25, 0.3) is 0 Å². The van der Waals surface area contributed by atoms with Crippen LogP contribution in [0.15, 0.2) is 90.1 Å². The van der Waals surface area contributed by atoms with Crippen LogP contribution in [0.5, 0.6) is 0 Å². The molecule has 0 saturated heterocycles. The van der Waals surface area contributed by atoms with Crippen LogP contribution in [0.2, 0.25) is 0 Å². The molecule has 0 aliphatic rings. The highest BCUT2D eigenvalue weighted by molar-refractivity contribution is 14.1. The molecule has 228 valence electrons. The monoisotopic (exact) mass is 744 g/mol. The number of carbonyl (C=O) groups excluding carboxylic acids is 2. The first-order valence-corrected chi connectivity index (χ1v) is 16.2. The topological polar surface area (TPSA) is 169 Å². The van der Waals surface area contributed by atoms with Crippen LogP contribution >= 0.6 is 45.9 Å². The van der Waals surface area contributed by atoms with E-state index in [-0.39, 0.29) is 34.1 Å². The van der Waals surface area contributed by atoms with Crippen molar-refractivity contribution >= 4 is 74.5 Å². The summed E-state index contributed by atoms with van der Waals surface area (Å²) in [7, 11) is 1.26. The number of carboxylic acids is 1. The molecule has 1 aromatic heterocycles. The van der Waals surface area contributed by atoms with Crippen LogP contribution in [0.3, 0.4) is 0 Å². The number of carbonyl (C=O) groups is 3. The highest BCUT2D eigenvalue weighted by atomic mass is 127. The number of thioether (sulfide) groups is 1. The van der Waals surface area contributed by atoms with Crippen molar-refractivity contribution in [3.05, 3.63) is 111 Å². The van der Waals surface area contributed by atoms with Crippen molar-refractivity contribution in [2.45, 2.75) is 23.8 Å². The number of anilines is 1. The molecular weight excluding hydrogens is 715 g/mol. The Hall–Kier alpha value is -4.02. The van der Waals surface area contributed by atoms with Gasteiger partial charge in [0.05, 0.1) is 5.25 Å². The lowest BCUT2D eigenvalue weighted by Gasteiger charge is -2.23. The minimum absolute atomic E-state index is 0.0621. The van der Waals surface area contributed by atoms with Gasteiger partial charge in [-0.2, -0.15) is 9.36 Å². The number of benzene rings is 3. The van der Waals surface area contributed by atoms with Crippen molar-refractivity contribution in [2.24, 2.45) is 5.16 Å². The summed E-state index contributed by atoms with van der Waals surface area (Å²) in [6, 6.07) is 24.5. The number of halogens is 1. The Morgan fingerprint density at radius 1 is 0.977 bits per heavy atom. The van der Waals surface area contributed by atoms with Gasteiger partial charge in [0.25, 0.3) is 5.91 Å². The summed E-state index contributed by atoms with van der Waals surface area (Å²) >= 11 is 4.44. The number of aromatic nitrogens is 2. The van der Waals surface area contributed by atoms with E-state index in [0.29, 0.717) is 0 Å². The van der Waals surface area contributed by atoms with Crippen LogP contribution < -0.4 is 16.4 Å². The van der Waals surface area contributed by atoms with E-state index in [1.165, 1.54) is 18.9 Å². The number of nitrogens with two attached hydrogens (primary N) is 1. The third kappa shape index (κ3) is 9.24. The quantitative estimate of drug-likeness (QED) is 0.0851. The number of hydrogen-bond donors (Lipinski definition) is 4. The van der Waals surface area contributed by atoms with Crippen molar-refractivity contribution in [1.82, 2.24) is 20.0 Å². The number of rotatable bonds is 14. The van der Waals surface area contributed by atoms with Crippen LogP contribution in [-0.2, 0) is 25.6 Å². The number of nitrogens with one attached hydrogen (secondary N) is 2. The van der Waals surface area contributed by atoms with Crippen LogP contribution in [0.1, 0.15) is 27.8 Å². The SMILES string of the molecule is CO/N=C(/C(=O)NC(Cc1ccc(I)cc1)C(=O)NC(CSC(c1ccccc1)c1ccccc1)C(=O)O)c1nsc(N)n1. The molecule has 3 aromatic carbocycles. The molecule has 0 fully saturated rings. The van der Waals surface area contributed by atoms with E-state index >= 15 is 0 Å². The van der Waals surface area contributed by atoms with Crippen molar-refractivity contribution < 1.29 is 24.3 Å². The van der Waals surface area contributed by atoms with Crippen molar-refractivity contribution in [2.75, 3.05) is 18.6 Å². The number of nitrogen functional groups attached to an aromatic ring is 1. The molecule has 0 radical (unpaired) electrons. The van der Waals surface area contributed by atoms with Gasteiger partial charge in [-0.15, -0.1) is 11.8 Å². The van der Waals surface area contributed by atoms with Crippen molar-refractivity contribution in [3.8, 4) is 0 Å². The molecule has 44 heavy (non-hydrogen) atoms. The lowest BCUT2D eigenvalue weighted by Crippen LogP contribution is -2.54. The second kappa shape index (κ2) is 16.2. The number of aliphatic carboxylic acids is 1. The summed E-state index contributed by atoms with van der Waals surface area (Å²) in [6.07, 6.45) is 0.0809. The summed E-state index contributed by atoms with van der Waals surface area (Å²) in [5.41, 5.74) is 8.16. The molecule has 0 aliphatic heterocycles. The molecule has 2 unspecified atom stereocenters. The van der Waals surface area contributed by atoms with Crippen molar-refractivity contribution in [1.29, 1.82) is 0 Å². The van der Waals surface area contributed by atoms with E-state index in [2.05, 4.69) is 47.7 Å². The van der Waals surface area contributed by atoms with Gasteiger partial charge in [0.15, 0.2) is 5.13 Å². The Kier molecular flexibility index (Phi) is 12.1. The van der Waals surface area contributed by atoms with Gasteiger partial charge in [-0.25, -0.2) is 4.79 Å². The molecule has 4 rings (SSSR count). The van der Waals surface area contributed by atoms with E-state index in [1.54, 1.807) is 0 Å². The highest BCUT2D eigenvalue weighted by Gasteiger charge is 2.30. The predicted octanol–water partition coefficient (Wildman–Crippen LogP) is 3.90. The maximum absolute atomic E-state index is 13.7. The first-order chi connectivity index (χ1) is 21.2. The Labute approximate surface area is 276 Å². The van der Waals surface area contributed by atoms with Crippen LogP contribution in [0.4, 0.5) is 5.13 Å². The summed E-state index contributed by atoms with van der Waals surface area (Å²) in [6.45, 7) is 0. The first-order valence-electron chi connectivity index (χ1n) is 13.3. The second-order valence-electron chi connectivity index (χ2n) is 9.37. The maximum atomic E-state index is 13.7. The molecule has 0 bridgehead atoms. The fourth-order valence-corrected chi connectivity index (χ4v) is 6.28. The number of nitrogens with zero attached hydrogens (tertiary/aromatic N) is 3. The molecular formula is C30H29IN6O5S2. The third-order valence-corrected chi connectivity index (χ3v) is 8.94. The largest absolute Gasteiger partial charge is 0.480 e. The zero-order valence-corrected chi connectivity index (χ0v) is 27.2. The molecule has 5 N–H and O–H groups in total. The Morgan fingerprint density at radius 3 is 2.11 bits per heavy atom. The Balaban J connectivity index is 1.55. The summed E-state index contributed by atoms with van der Waals surface area (Å²) < 4.78 is 5.01. The average Bonchev–Trinajstić information content (AvgIpc) is 3.46. The molecule has 11 nitrogen and oxygen atoms in total. The first kappa shape index (κ1) is 32.9. The summed E-state index contributed by atoms with van der Waals surface area (Å²) in [5, 5.41) is 19.1.